The van der Waals surface area contributed by atoms with Crippen molar-refractivity contribution in [2.45, 2.75) is 32.7 Å². The predicted octanol–water partition coefficient (Wildman–Crippen LogP) is 2.91. The lowest BCUT2D eigenvalue weighted by molar-refractivity contribution is 0.415. The molecule has 0 aliphatic heterocycles. The number of ether oxygens (including phenoxy) is 1. The summed E-state index contributed by atoms with van der Waals surface area (Å²) in [5, 5.41) is 8.87. The lowest BCUT2D eigenvalue weighted by Gasteiger charge is -2.06. The quantitative estimate of drug-likeness (QED) is 0.811. The summed E-state index contributed by atoms with van der Waals surface area (Å²) in [5.74, 6) is 1.64. The lowest BCUT2D eigenvalue weighted by atomic mass is 10.3. The number of benzene rings is 1. The van der Waals surface area contributed by atoms with Crippen molar-refractivity contribution in [2.24, 2.45) is 0 Å². The summed E-state index contributed by atoms with van der Waals surface area (Å²) < 4.78 is 7.34. The molecule has 0 unspecified atom stereocenters. The third-order valence-electron chi connectivity index (χ3n) is 3.01. The number of aromatic nitrogens is 2. The third-order valence-corrected chi connectivity index (χ3v) is 3.01. The largest absolute Gasteiger partial charge is 0.497 e. The molecule has 4 nitrogen and oxygen atoms in total. The van der Waals surface area contributed by atoms with Crippen LogP contribution in [0.5, 0.6) is 5.75 Å². The van der Waals surface area contributed by atoms with E-state index in [4.69, 9.17) is 10.00 Å². The molecule has 0 spiro atoms. The van der Waals surface area contributed by atoms with E-state index >= 15 is 0 Å². The van der Waals surface area contributed by atoms with Crippen LogP contribution in [0.15, 0.2) is 18.2 Å². The summed E-state index contributed by atoms with van der Waals surface area (Å²) in [7, 11) is 1.64. The number of hydrogen-bond acceptors (Lipinski definition) is 3. The highest BCUT2D eigenvalue weighted by molar-refractivity contribution is 5.77. The number of aryl methyl sites for hydroxylation is 1. The SMILES string of the molecule is CCCCn1c(CC#N)nc2cc(OC)ccc21. The van der Waals surface area contributed by atoms with Crippen LogP contribution in [-0.4, -0.2) is 16.7 Å². The number of hydrogen-bond donors (Lipinski definition) is 0. The van der Waals surface area contributed by atoms with Crippen LogP contribution in [0.1, 0.15) is 25.6 Å². The second kappa shape index (κ2) is 5.54. The van der Waals surface area contributed by atoms with E-state index < -0.39 is 0 Å². The van der Waals surface area contributed by atoms with E-state index in [0.717, 1.165) is 42.0 Å². The van der Waals surface area contributed by atoms with Gasteiger partial charge in [0.1, 0.15) is 11.6 Å². The first kappa shape index (κ1) is 12.4. The Hall–Kier alpha value is -2.02. The first-order valence-corrected chi connectivity index (χ1v) is 6.20. The van der Waals surface area contributed by atoms with Gasteiger partial charge in [-0.2, -0.15) is 5.26 Å². The summed E-state index contributed by atoms with van der Waals surface area (Å²) >= 11 is 0. The van der Waals surface area contributed by atoms with Gasteiger partial charge in [0.25, 0.3) is 0 Å². The van der Waals surface area contributed by atoms with Gasteiger partial charge in [0.05, 0.1) is 30.6 Å². The Labute approximate surface area is 107 Å². The number of unbranched alkanes of at least 4 members (excludes halogenated alkanes) is 1. The summed E-state index contributed by atoms with van der Waals surface area (Å²) in [6.45, 7) is 3.07. The molecule has 1 aromatic carbocycles. The van der Waals surface area contributed by atoms with Crippen molar-refractivity contribution >= 4 is 11.0 Å². The average molecular weight is 243 g/mol. The van der Waals surface area contributed by atoms with E-state index in [0.29, 0.717) is 6.42 Å². The highest BCUT2D eigenvalue weighted by Gasteiger charge is 2.10. The lowest BCUT2D eigenvalue weighted by Crippen LogP contribution is -2.03. The van der Waals surface area contributed by atoms with Gasteiger partial charge in [0.2, 0.25) is 0 Å². The van der Waals surface area contributed by atoms with Gasteiger partial charge in [-0.15, -0.1) is 0 Å². The first-order chi connectivity index (χ1) is 8.80. The molecule has 1 aromatic heterocycles. The Kier molecular flexibility index (Phi) is 3.83. The molecule has 0 aliphatic carbocycles. The monoisotopic (exact) mass is 243 g/mol. The van der Waals surface area contributed by atoms with Crippen molar-refractivity contribution in [3.63, 3.8) is 0 Å². The molecule has 0 bridgehead atoms. The minimum atomic E-state index is 0.348. The van der Waals surface area contributed by atoms with Crippen LogP contribution < -0.4 is 4.74 Å². The Morgan fingerprint density at radius 2 is 2.28 bits per heavy atom. The van der Waals surface area contributed by atoms with E-state index in [1.165, 1.54) is 0 Å². The van der Waals surface area contributed by atoms with Gasteiger partial charge in [0, 0.05) is 12.6 Å². The van der Waals surface area contributed by atoms with Crippen molar-refractivity contribution in [1.82, 2.24) is 9.55 Å². The van der Waals surface area contributed by atoms with E-state index in [9.17, 15) is 0 Å². The first-order valence-electron chi connectivity index (χ1n) is 6.20. The third kappa shape index (κ3) is 2.30. The van der Waals surface area contributed by atoms with E-state index in [1.54, 1.807) is 7.11 Å². The van der Waals surface area contributed by atoms with Gasteiger partial charge >= 0.3 is 0 Å². The molecule has 4 heteroatoms. The van der Waals surface area contributed by atoms with Gasteiger partial charge in [-0.1, -0.05) is 13.3 Å². The zero-order valence-electron chi connectivity index (χ0n) is 10.8. The van der Waals surface area contributed by atoms with Crippen LogP contribution in [0, 0.1) is 11.3 Å². The fourth-order valence-electron chi connectivity index (χ4n) is 2.06. The van der Waals surface area contributed by atoms with Gasteiger partial charge in [-0.05, 0) is 18.6 Å². The fourth-order valence-corrected chi connectivity index (χ4v) is 2.06. The zero-order chi connectivity index (χ0) is 13.0. The number of nitriles is 1. The predicted molar refractivity (Wildman–Crippen MR) is 70.5 cm³/mol. The molecule has 2 aromatic rings. The maximum atomic E-state index is 8.87. The Balaban J connectivity index is 2.49. The highest BCUT2D eigenvalue weighted by atomic mass is 16.5. The highest BCUT2D eigenvalue weighted by Crippen LogP contribution is 2.22. The molecule has 0 amide bonds. The van der Waals surface area contributed by atoms with Crippen LogP contribution in [0.4, 0.5) is 0 Å². The molecular weight excluding hydrogens is 226 g/mol. The molecule has 0 saturated heterocycles. The molecule has 2 rings (SSSR count). The average Bonchev–Trinajstić information content (AvgIpc) is 2.73. The maximum Gasteiger partial charge on any atom is 0.124 e. The van der Waals surface area contributed by atoms with Crippen LogP contribution in [0.25, 0.3) is 11.0 Å². The second-order valence-electron chi connectivity index (χ2n) is 4.22. The smallest absolute Gasteiger partial charge is 0.124 e. The number of fused-ring (bicyclic) bond motifs is 1. The van der Waals surface area contributed by atoms with Crippen molar-refractivity contribution in [2.75, 3.05) is 7.11 Å². The van der Waals surface area contributed by atoms with Gasteiger partial charge < -0.3 is 9.30 Å². The number of methoxy groups -OCH3 is 1. The molecule has 94 valence electrons. The molecule has 18 heavy (non-hydrogen) atoms. The van der Waals surface area contributed by atoms with Crippen molar-refractivity contribution in [3.8, 4) is 11.8 Å². The minimum Gasteiger partial charge on any atom is -0.497 e. The van der Waals surface area contributed by atoms with E-state index in [-0.39, 0.29) is 0 Å². The fraction of sp³-hybridized carbons (Fsp3) is 0.429. The molecule has 1 heterocycles. The normalized spacial score (nSPS) is 10.5. The minimum absolute atomic E-state index is 0.348. The standard InChI is InChI=1S/C14H17N3O/c1-3-4-9-17-13-6-5-11(18-2)10-12(13)16-14(17)7-8-15/h5-6,10H,3-4,7,9H2,1-2H3. The molecule has 0 atom stereocenters. The Morgan fingerprint density at radius 3 is 2.94 bits per heavy atom. The number of nitrogens with zero attached hydrogens (tertiary/aromatic N) is 3. The molecule has 0 fully saturated rings. The van der Waals surface area contributed by atoms with Gasteiger partial charge in [0.15, 0.2) is 0 Å². The topological polar surface area (TPSA) is 50.8 Å². The van der Waals surface area contributed by atoms with Crippen molar-refractivity contribution in [3.05, 3.63) is 24.0 Å². The molecular formula is C14H17N3O. The summed E-state index contributed by atoms with van der Waals surface area (Å²) in [6, 6.07) is 8.04. The number of rotatable bonds is 5. The van der Waals surface area contributed by atoms with E-state index in [2.05, 4.69) is 22.5 Å². The summed E-state index contributed by atoms with van der Waals surface area (Å²) in [5.41, 5.74) is 1.98. The van der Waals surface area contributed by atoms with Crippen molar-refractivity contribution < 1.29 is 4.74 Å². The molecule has 0 aliphatic rings. The zero-order valence-corrected chi connectivity index (χ0v) is 10.8. The van der Waals surface area contributed by atoms with Gasteiger partial charge in [-0.25, -0.2) is 4.98 Å². The Bertz CT molecular complexity index is 580. The molecule has 0 saturated carbocycles. The van der Waals surface area contributed by atoms with Crippen LogP contribution in [-0.2, 0) is 13.0 Å². The van der Waals surface area contributed by atoms with Crippen molar-refractivity contribution in [1.29, 1.82) is 5.26 Å². The Morgan fingerprint density at radius 1 is 1.44 bits per heavy atom. The van der Waals surface area contributed by atoms with Crippen LogP contribution in [0.3, 0.4) is 0 Å². The number of imidazole rings is 1. The van der Waals surface area contributed by atoms with Gasteiger partial charge in [-0.3, -0.25) is 0 Å². The maximum absolute atomic E-state index is 8.87. The second-order valence-corrected chi connectivity index (χ2v) is 4.22. The van der Waals surface area contributed by atoms with Crippen LogP contribution in [0.2, 0.25) is 0 Å². The molecule has 0 radical (unpaired) electrons. The summed E-state index contributed by atoms with van der Waals surface area (Å²) in [6.07, 6.45) is 2.57. The van der Waals surface area contributed by atoms with Crippen LogP contribution >= 0.6 is 0 Å². The van der Waals surface area contributed by atoms with E-state index in [1.807, 2.05) is 18.2 Å². The summed E-state index contributed by atoms with van der Waals surface area (Å²) in [4.78, 5) is 4.52. The molecule has 0 N–H and O–H groups in total.